The molecule has 0 aromatic heterocycles. The van der Waals surface area contributed by atoms with Crippen molar-refractivity contribution in [3.05, 3.63) is 59.4 Å². The smallest absolute Gasteiger partial charge is 0.127 e. The van der Waals surface area contributed by atoms with E-state index in [-0.39, 0.29) is 11.9 Å². The van der Waals surface area contributed by atoms with Crippen LogP contribution in [0.25, 0.3) is 0 Å². The maximum absolute atomic E-state index is 13.7. The van der Waals surface area contributed by atoms with Crippen molar-refractivity contribution >= 4 is 0 Å². The summed E-state index contributed by atoms with van der Waals surface area (Å²) in [5.74, 6) is 1.46. The predicted octanol–water partition coefficient (Wildman–Crippen LogP) is 4.96. The van der Waals surface area contributed by atoms with E-state index < -0.39 is 0 Å². The molecule has 0 spiro atoms. The zero-order chi connectivity index (χ0) is 17.6. The average molecular weight is 343 g/mol. The van der Waals surface area contributed by atoms with Crippen molar-refractivity contribution < 1.29 is 13.9 Å². The number of likely N-dealkylation sites (tertiary alicyclic amines) is 1. The maximum Gasteiger partial charge on any atom is 0.127 e. The number of methoxy groups -OCH3 is 2. The van der Waals surface area contributed by atoms with Crippen LogP contribution in [0.3, 0.4) is 0 Å². The van der Waals surface area contributed by atoms with Gasteiger partial charge in [-0.2, -0.15) is 0 Å². The Kier molecular flexibility index (Phi) is 5.92. The maximum atomic E-state index is 13.7. The van der Waals surface area contributed by atoms with Gasteiger partial charge in [0.2, 0.25) is 0 Å². The molecule has 0 aliphatic carbocycles. The molecule has 2 aromatic carbocycles. The van der Waals surface area contributed by atoms with Gasteiger partial charge in [0.05, 0.1) is 14.2 Å². The van der Waals surface area contributed by atoms with Crippen LogP contribution < -0.4 is 9.47 Å². The fraction of sp³-hybridized carbons (Fsp3) is 0.429. The molecule has 3 nitrogen and oxygen atoms in total. The van der Waals surface area contributed by atoms with Crippen LogP contribution in [0.1, 0.15) is 42.9 Å². The summed E-state index contributed by atoms with van der Waals surface area (Å²) in [7, 11) is 3.34. The molecule has 0 N–H and O–H groups in total. The standard InChI is InChI=1S/C21H26FNO2/c1-24-19-11-10-17(21(14-19)25-2)15-23-12-5-3-4-9-20(23)16-7-6-8-18(22)13-16/h6-8,10-11,13-14,20H,3-5,9,12,15H2,1-2H3/t20-/m0/s1. The fourth-order valence-corrected chi connectivity index (χ4v) is 3.65. The largest absolute Gasteiger partial charge is 0.497 e. The number of halogens is 1. The highest BCUT2D eigenvalue weighted by Gasteiger charge is 2.24. The van der Waals surface area contributed by atoms with E-state index in [1.165, 1.54) is 25.3 Å². The Bertz CT molecular complexity index is 704. The van der Waals surface area contributed by atoms with Gasteiger partial charge in [-0.3, -0.25) is 4.90 Å². The van der Waals surface area contributed by atoms with Crippen molar-refractivity contribution in [1.29, 1.82) is 0 Å². The molecule has 0 amide bonds. The van der Waals surface area contributed by atoms with Gasteiger partial charge in [-0.1, -0.05) is 31.0 Å². The summed E-state index contributed by atoms with van der Waals surface area (Å²) < 4.78 is 24.6. The minimum Gasteiger partial charge on any atom is -0.497 e. The van der Waals surface area contributed by atoms with Crippen molar-refractivity contribution in [3.63, 3.8) is 0 Å². The predicted molar refractivity (Wildman–Crippen MR) is 97.6 cm³/mol. The van der Waals surface area contributed by atoms with Gasteiger partial charge >= 0.3 is 0 Å². The lowest BCUT2D eigenvalue weighted by atomic mass is 10.00. The summed E-state index contributed by atoms with van der Waals surface area (Å²) >= 11 is 0. The Balaban J connectivity index is 1.87. The highest BCUT2D eigenvalue weighted by Crippen LogP contribution is 2.34. The molecular formula is C21H26FNO2. The van der Waals surface area contributed by atoms with Gasteiger partial charge in [-0.25, -0.2) is 4.39 Å². The summed E-state index contributed by atoms with van der Waals surface area (Å²) in [5.41, 5.74) is 2.20. The molecule has 3 rings (SSSR count). The van der Waals surface area contributed by atoms with E-state index in [0.29, 0.717) is 0 Å². The Morgan fingerprint density at radius 3 is 2.68 bits per heavy atom. The lowest BCUT2D eigenvalue weighted by Gasteiger charge is -2.31. The molecule has 2 aromatic rings. The van der Waals surface area contributed by atoms with Gasteiger partial charge < -0.3 is 9.47 Å². The first kappa shape index (κ1) is 17.7. The van der Waals surface area contributed by atoms with Gasteiger partial charge in [-0.15, -0.1) is 0 Å². The lowest BCUT2D eigenvalue weighted by molar-refractivity contribution is 0.189. The van der Waals surface area contributed by atoms with Crippen LogP contribution in [0, 0.1) is 5.82 Å². The van der Waals surface area contributed by atoms with E-state index in [0.717, 1.165) is 42.1 Å². The molecule has 134 valence electrons. The molecule has 1 atom stereocenters. The third-order valence-electron chi connectivity index (χ3n) is 4.96. The normalized spacial score (nSPS) is 18.6. The third-order valence-corrected chi connectivity index (χ3v) is 4.96. The molecule has 25 heavy (non-hydrogen) atoms. The molecule has 1 saturated heterocycles. The molecule has 1 fully saturated rings. The number of benzene rings is 2. The monoisotopic (exact) mass is 343 g/mol. The zero-order valence-electron chi connectivity index (χ0n) is 15.0. The first-order valence-electron chi connectivity index (χ1n) is 8.91. The Hall–Kier alpha value is -2.07. The SMILES string of the molecule is COc1ccc(CN2CCCCC[C@H]2c2cccc(F)c2)c(OC)c1. The Morgan fingerprint density at radius 1 is 1.04 bits per heavy atom. The van der Waals surface area contributed by atoms with E-state index in [9.17, 15) is 4.39 Å². The number of ether oxygens (including phenoxy) is 2. The van der Waals surface area contributed by atoms with Gasteiger partial charge in [0.15, 0.2) is 0 Å². The topological polar surface area (TPSA) is 21.7 Å². The number of nitrogens with zero attached hydrogens (tertiary/aromatic N) is 1. The van der Waals surface area contributed by atoms with Crippen molar-refractivity contribution in [1.82, 2.24) is 4.90 Å². The van der Waals surface area contributed by atoms with E-state index in [1.54, 1.807) is 20.3 Å². The molecule has 1 heterocycles. The van der Waals surface area contributed by atoms with E-state index in [4.69, 9.17) is 9.47 Å². The highest BCUT2D eigenvalue weighted by molar-refractivity contribution is 5.40. The van der Waals surface area contributed by atoms with Gasteiger partial charge in [-0.05, 0) is 43.1 Å². The van der Waals surface area contributed by atoms with Crippen molar-refractivity contribution in [3.8, 4) is 11.5 Å². The highest BCUT2D eigenvalue weighted by atomic mass is 19.1. The quantitative estimate of drug-likeness (QED) is 0.766. The molecule has 4 heteroatoms. The van der Waals surface area contributed by atoms with E-state index in [2.05, 4.69) is 11.0 Å². The number of hydrogen-bond donors (Lipinski definition) is 0. The van der Waals surface area contributed by atoms with Crippen LogP contribution >= 0.6 is 0 Å². The van der Waals surface area contributed by atoms with Crippen LogP contribution in [0.2, 0.25) is 0 Å². The minimum absolute atomic E-state index is 0.163. The van der Waals surface area contributed by atoms with Crippen molar-refractivity contribution in [2.24, 2.45) is 0 Å². The van der Waals surface area contributed by atoms with Crippen molar-refractivity contribution in [2.75, 3.05) is 20.8 Å². The lowest BCUT2D eigenvalue weighted by Crippen LogP contribution is -2.28. The molecule has 1 aliphatic heterocycles. The van der Waals surface area contributed by atoms with Crippen molar-refractivity contribution in [2.45, 2.75) is 38.3 Å². The second-order valence-corrected chi connectivity index (χ2v) is 6.57. The second-order valence-electron chi connectivity index (χ2n) is 6.57. The van der Waals surface area contributed by atoms with Gasteiger partial charge in [0.1, 0.15) is 17.3 Å². The van der Waals surface area contributed by atoms with Gasteiger partial charge in [0.25, 0.3) is 0 Å². The van der Waals surface area contributed by atoms with Crippen LogP contribution in [0.15, 0.2) is 42.5 Å². The molecule has 0 saturated carbocycles. The first-order chi connectivity index (χ1) is 12.2. The summed E-state index contributed by atoms with van der Waals surface area (Å²) in [4.78, 5) is 2.45. The van der Waals surface area contributed by atoms with E-state index in [1.807, 2.05) is 24.3 Å². The fourth-order valence-electron chi connectivity index (χ4n) is 3.65. The number of hydrogen-bond acceptors (Lipinski definition) is 3. The van der Waals surface area contributed by atoms with Crippen LogP contribution in [-0.2, 0) is 6.54 Å². The van der Waals surface area contributed by atoms with Gasteiger partial charge in [0, 0.05) is 24.2 Å². The third kappa shape index (κ3) is 4.31. The first-order valence-corrected chi connectivity index (χ1v) is 8.91. The Labute approximate surface area is 149 Å². The summed E-state index contributed by atoms with van der Waals surface area (Å²) in [6.07, 6.45) is 4.63. The summed E-state index contributed by atoms with van der Waals surface area (Å²) in [6.45, 7) is 1.80. The minimum atomic E-state index is -0.163. The Morgan fingerprint density at radius 2 is 1.92 bits per heavy atom. The second kappa shape index (κ2) is 8.34. The average Bonchev–Trinajstić information content (AvgIpc) is 2.87. The molecule has 0 radical (unpaired) electrons. The molecular weight excluding hydrogens is 317 g/mol. The van der Waals surface area contributed by atoms with Crippen LogP contribution in [0.4, 0.5) is 4.39 Å². The zero-order valence-corrected chi connectivity index (χ0v) is 15.0. The summed E-state index contributed by atoms with van der Waals surface area (Å²) in [5, 5.41) is 0. The molecule has 1 aliphatic rings. The summed E-state index contributed by atoms with van der Waals surface area (Å²) in [6, 6.07) is 13.2. The molecule has 0 bridgehead atoms. The van der Waals surface area contributed by atoms with Crippen LogP contribution in [0.5, 0.6) is 11.5 Å². The van der Waals surface area contributed by atoms with Crippen LogP contribution in [-0.4, -0.2) is 25.7 Å². The van der Waals surface area contributed by atoms with E-state index >= 15 is 0 Å². The number of rotatable bonds is 5. The molecule has 0 unspecified atom stereocenters.